The van der Waals surface area contributed by atoms with E-state index in [1.54, 1.807) is 0 Å². The van der Waals surface area contributed by atoms with E-state index in [4.69, 9.17) is 5.73 Å². The van der Waals surface area contributed by atoms with Crippen LogP contribution in [0.25, 0.3) is 0 Å². The molecule has 0 saturated heterocycles. The molecule has 0 aliphatic rings. The van der Waals surface area contributed by atoms with Gasteiger partial charge in [0.2, 0.25) is 0 Å². The molecule has 0 aliphatic carbocycles. The molecule has 1 unspecified atom stereocenters. The lowest BCUT2D eigenvalue weighted by atomic mass is 9.99. The second-order valence-corrected chi connectivity index (χ2v) is 4.20. The van der Waals surface area contributed by atoms with Gasteiger partial charge in [-0.15, -0.1) is 0 Å². The fourth-order valence-electron chi connectivity index (χ4n) is 1.66. The van der Waals surface area contributed by atoms with Crippen molar-refractivity contribution in [1.29, 1.82) is 0 Å². The van der Waals surface area contributed by atoms with E-state index in [-0.39, 0.29) is 6.04 Å². The second kappa shape index (κ2) is 5.89. The van der Waals surface area contributed by atoms with Crippen molar-refractivity contribution in [3.8, 4) is 0 Å². The van der Waals surface area contributed by atoms with Crippen molar-refractivity contribution in [3.63, 3.8) is 0 Å². The van der Waals surface area contributed by atoms with Crippen LogP contribution in [0.1, 0.15) is 35.6 Å². The van der Waals surface area contributed by atoms with E-state index in [1.807, 2.05) is 7.05 Å². The van der Waals surface area contributed by atoms with Crippen molar-refractivity contribution < 1.29 is 0 Å². The molecule has 0 spiro atoms. The van der Waals surface area contributed by atoms with Gasteiger partial charge in [0.05, 0.1) is 0 Å². The largest absolute Gasteiger partial charge is 0.324 e. The third kappa shape index (κ3) is 3.65. The van der Waals surface area contributed by atoms with Gasteiger partial charge in [0.1, 0.15) is 0 Å². The third-order valence-corrected chi connectivity index (χ3v) is 2.90. The Labute approximate surface area is 92.9 Å². The molecule has 0 aliphatic heterocycles. The molecular weight excluding hydrogens is 184 g/mol. The Hall–Kier alpha value is -0.860. The number of hydrogen-bond donors (Lipinski definition) is 2. The Balaban J connectivity index is 2.57. The molecule has 1 rings (SSSR count). The van der Waals surface area contributed by atoms with Crippen LogP contribution in [0.4, 0.5) is 0 Å². The molecule has 0 fully saturated rings. The number of hydrogen-bond acceptors (Lipinski definition) is 2. The van der Waals surface area contributed by atoms with Gasteiger partial charge in [-0.25, -0.2) is 0 Å². The Morgan fingerprint density at radius 2 is 2.00 bits per heavy atom. The van der Waals surface area contributed by atoms with Crippen LogP contribution >= 0.6 is 0 Å². The quantitative estimate of drug-likeness (QED) is 0.725. The highest BCUT2D eigenvalue weighted by molar-refractivity contribution is 5.31. The van der Waals surface area contributed by atoms with Gasteiger partial charge in [0.15, 0.2) is 0 Å². The highest BCUT2D eigenvalue weighted by atomic mass is 14.8. The van der Waals surface area contributed by atoms with Gasteiger partial charge in [-0.05, 0) is 57.0 Å². The molecule has 2 heteroatoms. The van der Waals surface area contributed by atoms with Gasteiger partial charge in [-0.1, -0.05) is 18.2 Å². The summed E-state index contributed by atoms with van der Waals surface area (Å²) >= 11 is 0. The predicted octanol–water partition coefficient (Wildman–Crippen LogP) is 2.30. The summed E-state index contributed by atoms with van der Waals surface area (Å²) in [6.45, 7) is 5.31. The summed E-state index contributed by atoms with van der Waals surface area (Å²) < 4.78 is 0. The summed E-state index contributed by atoms with van der Waals surface area (Å²) in [5.74, 6) is 0. The summed E-state index contributed by atoms with van der Waals surface area (Å²) in [6, 6.07) is 6.69. The Morgan fingerprint density at radius 1 is 1.27 bits per heavy atom. The van der Waals surface area contributed by atoms with Crippen molar-refractivity contribution in [1.82, 2.24) is 5.32 Å². The first-order valence-electron chi connectivity index (χ1n) is 5.62. The maximum atomic E-state index is 6.13. The lowest BCUT2D eigenvalue weighted by Gasteiger charge is -2.13. The monoisotopic (exact) mass is 206 g/mol. The molecule has 3 N–H and O–H groups in total. The smallest absolute Gasteiger partial charge is 0.0295 e. The molecule has 0 radical (unpaired) electrons. The molecule has 1 aromatic rings. The highest BCUT2D eigenvalue weighted by Gasteiger charge is 2.06. The van der Waals surface area contributed by atoms with E-state index >= 15 is 0 Å². The molecule has 84 valence electrons. The maximum absolute atomic E-state index is 6.13. The third-order valence-electron chi connectivity index (χ3n) is 2.90. The van der Waals surface area contributed by atoms with Gasteiger partial charge in [0.25, 0.3) is 0 Å². The lowest BCUT2D eigenvalue weighted by molar-refractivity contribution is 0.590. The molecule has 0 amide bonds. The molecule has 0 bridgehead atoms. The molecule has 1 aromatic carbocycles. The van der Waals surface area contributed by atoms with Crippen molar-refractivity contribution >= 4 is 0 Å². The van der Waals surface area contributed by atoms with Crippen LogP contribution in [0.2, 0.25) is 0 Å². The standard InChI is InChI=1S/C13H22N2/c1-10-6-7-12(9-11(10)2)13(14)5-4-8-15-3/h6-7,9,13,15H,4-5,8,14H2,1-3H3. The first kappa shape index (κ1) is 12.2. The number of nitrogens with one attached hydrogen (secondary N) is 1. The van der Waals surface area contributed by atoms with Crippen LogP contribution in [0.3, 0.4) is 0 Å². The van der Waals surface area contributed by atoms with Gasteiger partial charge in [-0.3, -0.25) is 0 Å². The van der Waals surface area contributed by atoms with Crippen LogP contribution in [0.15, 0.2) is 18.2 Å². The van der Waals surface area contributed by atoms with Crippen molar-refractivity contribution in [2.24, 2.45) is 5.73 Å². The van der Waals surface area contributed by atoms with Gasteiger partial charge in [0, 0.05) is 6.04 Å². The fourth-order valence-corrected chi connectivity index (χ4v) is 1.66. The minimum absolute atomic E-state index is 0.178. The molecular formula is C13H22N2. The van der Waals surface area contributed by atoms with Crippen LogP contribution in [0.5, 0.6) is 0 Å². The van der Waals surface area contributed by atoms with Gasteiger partial charge < -0.3 is 11.1 Å². The lowest BCUT2D eigenvalue weighted by Crippen LogP contribution is -2.14. The second-order valence-electron chi connectivity index (χ2n) is 4.20. The summed E-state index contributed by atoms with van der Waals surface area (Å²) in [5.41, 5.74) is 10.1. The van der Waals surface area contributed by atoms with Gasteiger partial charge >= 0.3 is 0 Å². The molecule has 0 saturated carbocycles. The summed E-state index contributed by atoms with van der Waals surface area (Å²) in [5, 5.41) is 3.14. The normalized spacial score (nSPS) is 12.8. The molecule has 1 atom stereocenters. The predicted molar refractivity (Wildman–Crippen MR) is 66.0 cm³/mol. The molecule has 15 heavy (non-hydrogen) atoms. The van der Waals surface area contributed by atoms with Crippen LogP contribution in [0, 0.1) is 13.8 Å². The highest BCUT2D eigenvalue weighted by Crippen LogP contribution is 2.18. The average Bonchev–Trinajstić information content (AvgIpc) is 2.22. The van der Waals surface area contributed by atoms with Crippen molar-refractivity contribution in [3.05, 3.63) is 34.9 Å². The number of benzene rings is 1. The molecule has 0 heterocycles. The zero-order chi connectivity index (χ0) is 11.3. The number of aryl methyl sites for hydroxylation is 2. The SMILES string of the molecule is CNCCCC(N)c1ccc(C)c(C)c1. The zero-order valence-electron chi connectivity index (χ0n) is 10.0. The fraction of sp³-hybridized carbons (Fsp3) is 0.538. The summed E-state index contributed by atoms with van der Waals surface area (Å²) in [7, 11) is 1.97. The van der Waals surface area contributed by atoms with E-state index in [0.29, 0.717) is 0 Å². The van der Waals surface area contributed by atoms with Crippen LogP contribution < -0.4 is 11.1 Å². The molecule has 0 aromatic heterocycles. The first-order valence-corrected chi connectivity index (χ1v) is 5.62. The zero-order valence-corrected chi connectivity index (χ0v) is 10.0. The minimum atomic E-state index is 0.178. The van der Waals surface area contributed by atoms with E-state index in [2.05, 4.69) is 37.4 Å². The summed E-state index contributed by atoms with van der Waals surface area (Å²) in [4.78, 5) is 0. The Morgan fingerprint density at radius 3 is 2.60 bits per heavy atom. The van der Waals surface area contributed by atoms with E-state index in [0.717, 1.165) is 19.4 Å². The number of nitrogens with two attached hydrogens (primary N) is 1. The van der Waals surface area contributed by atoms with E-state index < -0.39 is 0 Å². The van der Waals surface area contributed by atoms with Crippen LogP contribution in [-0.4, -0.2) is 13.6 Å². The summed E-state index contributed by atoms with van der Waals surface area (Å²) in [6.07, 6.45) is 2.17. The van der Waals surface area contributed by atoms with Crippen molar-refractivity contribution in [2.75, 3.05) is 13.6 Å². The Kier molecular flexibility index (Phi) is 4.79. The van der Waals surface area contributed by atoms with Crippen molar-refractivity contribution in [2.45, 2.75) is 32.7 Å². The van der Waals surface area contributed by atoms with Crippen LogP contribution in [-0.2, 0) is 0 Å². The average molecular weight is 206 g/mol. The topological polar surface area (TPSA) is 38.0 Å². The minimum Gasteiger partial charge on any atom is -0.324 e. The van der Waals surface area contributed by atoms with E-state index in [1.165, 1.54) is 16.7 Å². The number of rotatable bonds is 5. The first-order chi connectivity index (χ1) is 7.15. The van der Waals surface area contributed by atoms with E-state index in [9.17, 15) is 0 Å². The molecule has 2 nitrogen and oxygen atoms in total. The van der Waals surface area contributed by atoms with Gasteiger partial charge in [-0.2, -0.15) is 0 Å². The Bertz CT molecular complexity index is 307. The maximum Gasteiger partial charge on any atom is 0.0295 e.